The molecule has 1 heterocycles. The normalized spacial score (nSPS) is 15.6. The van der Waals surface area contributed by atoms with Crippen LogP contribution in [0.1, 0.15) is 32.1 Å². The zero-order chi connectivity index (χ0) is 12.1. The fourth-order valence-electron chi connectivity index (χ4n) is 1.84. The highest BCUT2D eigenvalue weighted by atomic mass is 16.2. The van der Waals surface area contributed by atoms with Crippen molar-refractivity contribution in [1.82, 2.24) is 9.78 Å². The molecule has 2 N–H and O–H groups in total. The van der Waals surface area contributed by atoms with Crippen LogP contribution in [0.15, 0.2) is 17.1 Å². The molecule has 0 radical (unpaired) electrons. The molecule has 0 bridgehead atoms. The van der Waals surface area contributed by atoms with E-state index in [9.17, 15) is 4.79 Å². The molecule has 5 nitrogen and oxygen atoms in total. The summed E-state index contributed by atoms with van der Waals surface area (Å²) in [6.07, 6.45) is 6.82. The van der Waals surface area contributed by atoms with E-state index in [2.05, 4.69) is 10.4 Å². The zero-order valence-electron chi connectivity index (χ0n) is 9.93. The first kappa shape index (κ1) is 12.1. The summed E-state index contributed by atoms with van der Waals surface area (Å²) in [4.78, 5) is 11.7. The molecule has 17 heavy (non-hydrogen) atoms. The molecule has 94 valence electrons. The van der Waals surface area contributed by atoms with Gasteiger partial charge in [0.2, 0.25) is 0 Å². The number of aromatic nitrogens is 2. The van der Waals surface area contributed by atoms with Gasteiger partial charge in [-0.25, -0.2) is 4.68 Å². The summed E-state index contributed by atoms with van der Waals surface area (Å²) in [7, 11) is 0. The van der Waals surface area contributed by atoms with Gasteiger partial charge in [-0.1, -0.05) is 0 Å². The summed E-state index contributed by atoms with van der Waals surface area (Å²) < 4.78 is 1.45. The standard InChI is InChI=1S/C12H19N3O2/c16-7-2-1-6-15-12(17)8-11(9-13-15)14-10-4-3-5-10/h8-10,14,16H,1-7H2. The number of hydrogen-bond acceptors (Lipinski definition) is 4. The Kier molecular flexibility index (Phi) is 4.14. The van der Waals surface area contributed by atoms with Crippen molar-refractivity contribution in [2.75, 3.05) is 11.9 Å². The molecule has 2 rings (SSSR count). The van der Waals surface area contributed by atoms with Crippen LogP contribution in [0.2, 0.25) is 0 Å². The largest absolute Gasteiger partial charge is 0.396 e. The predicted octanol–water partition coefficient (Wildman–Crippen LogP) is 0.980. The maximum Gasteiger partial charge on any atom is 0.268 e. The smallest absolute Gasteiger partial charge is 0.268 e. The highest BCUT2D eigenvalue weighted by Gasteiger charge is 2.17. The molecule has 0 saturated heterocycles. The molecule has 0 unspecified atom stereocenters. The number of hydrogen-bond donors (Lipinski definition) is 2. The molecule has 1 aliphatic rings. The monoisotopic (exact) mass is 237 g/mol. The minimum Gasteiger partial charge on any atom is -0.396 e. The van der Waals surface area contributed by atoms with Gasteiger partial charge < -0.3 is 10.4 Å². The van der Waals surface area contributed by atoms with Gasteiger partial charge in [0.1, 0.15) is 0 Å². The summed E-state index contributed by atoms with van der Waals surface area (Å²) >= 11 is 0. The minimum absolute atomic E-state index is 0.0766. The number of aliphatic hydroxyl groups is 1. The Bertz CT molecular complexity index is 412. The highest BCUT2D eigenvalue weighted by molar-refractivity contribution is 5.40. The van der Waals surface area contributed by atoms with Crippen LogP contribution >= 0.6 is 0 Å². The maximum absolute atomic E-state index is 11.7. The molecule has 1 saturated carbocycles. The molecule has 1 aromatic heterocycles. The second-order valence-electron chi connectivity index (χ2n) is 4.51. The Balaban J connectivity index is 1.93. The van der Waals surface area contributed by atoms with Crippen molar-refractivity contribution in [1.29, 1.82) is 0 Å². The number of rotatable bonds is 6. The van der Waals surface area contributed by atoms with E-state index < -0.39 is 0 Å². The van der Waals surface area contributed by atoms with E-state index in [0.29, 0.717) is 19.0 Å². The molecule has 0 amide bonds. The third-order valence-corrected chi connectivity index (χ3v) is 3.12. The van der Waals surface area contributed by atoms with E-state index in [1.54, 1.807) is 12.3 Å². The maximum atomic E-state index is 11.7. The lowest BCUT2D eigenvalue weighted by atomic mass is 9.93. The van der Waals surface area contributed by atoms with E-state index in [1.165, 1.54) is 23.9 Å². The van der Waals surface area contributed by atoms with Crippen molar-refractivity contribution in [3.63, 3.8) is 0 Å². The van der Waals surface area contributed by atoms with E-state index in [4.69, 9.17) is 5.11 Å². The number of anilines is 1. The molecule has 0 atom stereocenters. The van der Waals surface area contributed by atoms with Crippen LogP contribution in [-0.2, 0) is 6.54 Å². The average molecular weight is 237 g/mol. The first-order chi connectivity index (χ1) is 8.29. The van der Waals surface area contributed by atoms with Crippen LogP contribution in [-0.4, -0.2) is 27.5 Å². The molecular formula is C12H19N3O2. The summed E-state index contributed by atoms with van der Waals surface area (Å²) in [6.45, 7) is 0.735. The third kappa shape index (κ3) is 3.30. The van der Waals surface area contributed by atoms with Crippen molar-refractivity contribution in [3.05, 3.63) is 22.6 Å². The average Bonchev–Trinajstić information content (AvgIpc) is 2.27. The topological polar surface area (TPSA) is 67.2 Å². The van der Waals surface area contributed by atoms with E-state index in [0.717, 1.165) is 12.1 Å². The lowest BCUT2D eigenvalue weighted by Crippen LogP contribution is -2.29. The van der Waals surface area contributed by atoms with E-state index in [-0.39, 0.29) is 12.2 Å². The van der Waals surface area contributed by atoms with Crippen LogP contribution in [0.5, 0.6) is 0 Å². The fourth-order valence-corrected chi connectivity index (χ4v) is 1.84. The van der Waals surface area contributed by atoms with Gasteiger partial charge >= 0.3 is 0 Å². The van der Waals surface area contributed by atoms with Crippen molar-refractivity contribution in [2.24, 2.45) is 0 Å². The summed E-state index contributed by atoms with van der Waals surface area (Å²) in [6, 6.07) is 2.12. The van der Waals surface area contributed by atoms with Gasteiger partial charge in [0.15, 0.2) is 0 Å². The van der Waals surface area contributed by atoms with E-state index >= 15 is 0 Å². The first-order valence-electron chi connectivity index (χ1n) is 6.24. The zero-order valence-corrected chi connectivity index (χ0v) is 9.93. The van der Waals surface area contributed by atoms with Gasteiger partial charge in [0.05, 0.1) is 11.9 Å². The molecule has 5 heteroatoms. The van der Waals surface area contributed by atoms with Gasteiger partial charge in [-0.15, -0.1) is 0 Å². The van der Waals surface area contributed by atoms with Crippen LogP contribution in [0.3, 0.4) is 0 Å². The van der Waals surface area contributed by atoms with Crippen molar-refractivity contribution in [3.8, 4) is 0 Å². The SMILES string of the molecule is O=c1cc(NC2CCC2)cnn1CCCCO. The van der Waals surface area contributed by atoms with E-state index in [1.807, 2.05) is 0 Å². The van der Waals surface area contributed by atoms with Crippen molar-refractivity contribution in [2.45, 2.75) is 44.7 Å². The Labute approximate surface area is 100 Å². The van der Waals surface area contributed by atoms with Gasteiger partial charge in [0.25, 0.3) is 5.56 Å². The Morgan fingerprint density at radius 1 is 1.47 bits per heavy atom. The highest BCUT2D eigenvalue weighted by Crippen LogP contribution is 2.21. The Hall–Kier alpha value is -1.36. The second-order valence-corrected chi connectivity index (χ2v) is 4.51. The van der Waals surface area contributed by atoms with Gasteiger partial charge in [-0.3, -0.25) is 4.79 Å². The third-order valence-electron chi connectivity index (χ3n) is 3.12. The lowest BCUT2D eigenvalue weighted by molar-refractivity contribution is 0.279. The van der Waals surface area contributed by atoms with Gasteiger partial charge in [0, 0.05) is 25.3 Å². The minimum atomic E-state index is -0.0766. The fraction of sp³-hybridized carbons (Fsp3) is 0.667. The summed E-state index contributed by atoms with van der Waals surface area (Å²) in [5.74, 6) is 0. The molecule has 0 aliphatic heterocycles. The van der Waals surface area contributed by atoms with Gasteiger partial charge in [-0.05, 0) is 32.1 Å². The van der Waals surface area contributed by atoms with Crippen molar-refractivity contribution < 1.29 is 5.11 Å². The number of aryl methyl sites for hydroxylation is 1. The van der Waals surface area contributed by atoms with Crippen LogP contribution in [0.4, 0.5) is 5.69 Å². The second kappa shape index (κ2) is 5.82. The molecule has 0 aromatic carbocycles. The molecule has 0 spiro atoms. The van der Waals surface area contributed by atoms with Crippen LogP contribution < -0.4 is 10.9 Å². The first-order valence-corrected chi connectivity index (χ1v) is 6.24. The molecular weight excluding hydrogens is 218 g/mol. The number of nitrogens with one attached hydrogen (secondary N) is 1. The summed E-state index contributed by atoms with van der Waals surface area (Å²) in [5, 5.41) is 16.1. The number of aliphatic hydroxyl groups excluding tert-OH is 1. The lowest BCUT2D eigenvalue weighted by Gasteiger charge is -2.27. The quantitative estimate of drug-likeness (QED) is 0.724. The Morgan fingerprint density at radius 3 is 2.88 bits per heavy atom. The number of unbranched alkanes of at least 4 members (excludes halogenated alkanes) is 1. The number of nitrogens with zero attached hydrogens (tertiary/aromatic N) is 2. The molecule has 1 aliphatic carbocycles. The molecule has 1 fully saturated rings. The van der Waals surface area contributed by atoms with Crippen molar-refractivity contribution >= 4 is 5.69 Å². The molecule has 1 aromatic rings. The predicted molar refractivity (Wildman–Crippen MR) is 66.1 cm³/mol. The van der Waals surface area contributed by atoms with Gasteiger partial charge in [-0.2, -0.15) is 5.10 Å². The Morgan fingerprint density at radius 2 is 2.29 bits per heavy atom. The van der Waals surface area contributed by atoms with Crippen LogP contribution in [0.25, 0.3) is 0 Å². The summed E-state index contributed by atoms with van der Waals surface area (Å²) in [5.41, 5.74) is 0.741. The van der Waals surface area contributed by atoms with Crippen LogP contribution in [0, 0.1) is 0 Å².